The van der Waals surface area contributed by atoms with Gasteiger partial charge in [-0.15, -0.1) is 0 Å². The van der Waals surface area contributed by atoms with E-state index in [1.807, 2.05) is 11.8 Å². The number of rotatable bonds is 5. The standard InChI is InChI=1S/C60H39N5S/c1-60(2)48-22-10-8-18-44(48)45-33-32-41(35-49(45)60)58-62-56(61-57(63-58)40-31-26-36-14-6-7-15-39(36)34-40)38-29-27-37(28-30-38)43-20-12-24-51-55(43)66-52-25-13-21-47-53-46-19-9-11-23-50(46)64(42-16-4-3-5-17-42)59(53)65(51)54(47)52/h3-35H,1-2H3. The molecule has 0 N–H and O–H groups in total. The Morgan fingerprint density at radius 2 is 1.06 bits per heavy atom. The minimum atomic E-state index is -0.147. The molecule has 310 valence electrons. The second-order valence-corrected chi connectivity index (χ2v) is 19.1. The molecule has 0 spiro atoms. The van der Waals surface area contributed by atoms with Crippen molar-refractivity contribution in [3.05, 3.63) is 211 Å². The summed E-state index contributed by atoms with van der Waals surface area (Å²) in [7, 11) is 0. The van der Waals surface area contributed by atoms with Crippen molar-refractivity contribution in [1.29, 1.82) is 0 Å². The van der Waals surface area contributed by atoms with Gasteiger partial charge in [0.15, 0.2) is 17.5 Å². The van der Waals surface area contributed by atoms with Crippen LogP contribution in [0.1, 0.15) is 25.0 Å². The maximum atomic E-state index is 5.25. The third-order valence-corrected chi connectivity index (χ3v) is 15.1. The maximum Gasteiger partial charge on any atom is 0.164 e. The van der Waals surface area contributed by atoms with Gasteiger partial charge in [-0.25, -0.2) is 15.0 Å². The molecule has 1 aliphatic carbocycles. The van der Waals surface area contributed by atoms with Crippen molar-refractivity contribution in [2.45, 2.75) is 29.1 Å². The van der Waals surface area contributed by atoms with Crippen LogP contribution in [0.4, 0.5) is 0 Å². The van der Waals surface area contributed by atoms with E-state index in [2.05, 4.69) is 223 Å². The lowest BCUT2D eigenvalue weighted by atomic mass is 9.82. The Balaban J connectivity index is 0.909. The molecule has 2 aliphatic rings. The highest BCUT2D eigenvalue weighted by Crippen LogP contribution is 2.53. The predicted octanol–water partition coefficient (Wildman–Crippen LogP) is 15.5. The van der Waals surface area contributed by atoms with E-state index in [0.29, 0.717) is 17.5 Å². The first-order valence-corrected chi connectivity index (χ1v) is 23.3. The first-order chi connectivity index (χ1) is 32.5. The summed E-state index contributed by atoms with van der Waals surface area (Å²) < 4.78 is 4.95. The first kappa shape index (κ1) is 37.3. The Kier molecular flexibility index (Phi) is 7.90. The lowest BCUT2D eigenvalue weighted by Crippen LogP contribution is -2.15. The van der Waals surface area contributed by atoms with E-state index in [4.69, 9.17) is 15.0 Å². The predicted molar refractivity (Wildman–Crippen MR) is 272 cm³/mol. The van der Waals surface area contributed by atoms with E-state index >= 15 is 0 Å². The lowest BCUT2D eigenvalue weighted by molar-refractivity contribution is 0.660. The van der Waals surface area contributed by atoms with Gasteiger partial charge in [-0.05, 0) is 86.6 Å². The van der Waals surface area contributed by atoms with Gasteiger partial charge >= 0.3 is 0 Å². The van der Waals surface area contributed by atoms with Crippen LogP contribution in [-0.4, -0.2) is 24.1 Å². The molecule has 3 aromatic heterocycles. The van der Waals surface area contributed by atoms with Gasteiger partial charge in [-0.1, -0.05) is 183 Å². The van der Waals surface area contributed by atoms with Crippen LogP contribution < -0.4 is 0 Å². The first-order valence-electron chi connectivity index (χ1n) is 22.5. The Labute approximate surface area is 385 Å². The summed E-state index contributed by atoms with van der Waals surface area (Å²) in [5.41, 5.74) is 16.2. The summed E-state index contributed by atoms with van der Waals surface area (Å²) in [5.74, 6) is 1.95. The third kappa shape index (κ3) is 5.39. The second-order valence-electron chi connectivity index (χ2n) is 18.0. The van der Waals surface area contributed by atoms with Crippen molar-refractivity contribution in [2.75, 3.05) is 0 Å². The minimum Gasteiger partial charge on any atom is -0.295 e. The number of hydrogen-bond donors (Lipinski definition) is 0. The molecular formula is C60H39N5S. The summed E-state index contributed by atoms with van der Waals surface area (Å²) in [6.07, 6.45) is 0. The van der Waals surface area contributed by atoms with E-state index in [1.165, 1.54) is 81.5 Å². The van der Waals surface area contributed by atoms with Crippen LogP contribution in [0.5, 0.6) is 0 Å². The van der Waals surface area contributed by atoms with Gasteiger partial charge in [0.1, 0.15) is 5.65 Å². The van der Waals surface area contributed by atoms with Crippen molar-refractivity contribution in [3.8, 4) is 67.8 Å². The highest BCUT2D eigenvalue weighted by molar-refractivity contribution is 8.00. The summed E-state index contributed by atoms with van der Waals surface area (Å²) in [6.45, 7) is 4.63. The smallest absolute Gasteiger partial charge is 0.164 e. The zero-order chi connectivity index (χ0) is 43.7. The average Bonchev–Trinajstić information content (AvgIpc) is 3.97. The Bertz CT molecular complexity index is 3990. The van der Waals surface area contributed by atoms with Crippen LogP contribution in [0.2, 0.25) is 0 Å². The zero-order valence-electron chi connectivity index (χ0n) is 36.2. The maximum absolute atomic E-state index is 5.25. The second kappa shape index (κ2) is 14.0. The molecule has 1 aliphatic heterocycles. The fourth-order valence-electron chi connectivity index (χ4n) is 10.8. The highest BCUT2D eigenvalue weighted by atomic mass is 32.2. The molecule has 0 radical (unpaired) electrons. The molecular weight excluding hydrogens is 823 g/mol. The van der Waals surface area contributed by atoms with Gasteiger partial charge in [0.05, 0.1) is 16.7 Å². The fraction of sp³-hybridized carbons (Fsp3) is 0.0500. The van der Waals surface area contributed by atoms with Gasteiger partial charge in [-0.3, -0.25) is 9.13 Å². The van der Waals surface area contributed by atoms with Crippen molar-refractivity contribution in [2.24, 2.45) is 0 Å². The lowest BCUT2D eigenvalue weighted by Gasteiger charge is -2.23. The minimum absolute atomic E-state index is 0.147. The number of para-hydroxylation sites is 3. The van der Waals surface area contributed by atoms with Gasteiger partial charge in [0, 0.05) is 53.7 Å². The summed E-state index contributed by atoms with van der Waals surface area (Å²) >= 11 is 1.86. The van der Waals surface area contributed by atoms with Gasteiger partial charge in [0.2, 0.25) is 0 Å². The van der Waals surface area contributed by atoms with Crippen molar-refractivity contribution in [1.82, 2.24) is 24.1 Å². The molecule has 4 heterocycles. The molecule has 9 aromatic carbocycles. The van der Waals surface area contributed by atoms with Gasteiger partial charge in [-0.2, -0.15) is 0 Å². The molecule has 12 aromatic rings. The molecule has 0 unspecified atom stereocenters. The molecule has 6 heteroatoms. The molecule has 66 heavy (non-hydrogen) atoms. The number of fused-ring (bicyclic) bond motifs is 11. The number of benzene rings is 9. The van der Waals surface area contributed by atoms with E-state index < -0.39 is 0 Å². The zero-order valence-corrected chi connectivity index (χ0v) is 37.0. The van der Waals surface area contributed by atoms with E-state index in [9.17, 15) is 0 Å². The van der Waals surface area contributed by atoms with E-state index in [-0.39, 0.29) is 5.41 Å². The van der Waals surface area contributed by atoms with E-state index in [0.717, 1.165) is 33.3 Å². The molecule has 5 nitrogen and oxygen atoms in total. The summed E-state index contributed by atoms with van der Waals surface area (Å²) in [5, 5.41) is 6.14. The number of nitrogens with zero attached hydrogens (tertiary/aromatic N) is 5. The third-order valence-electron chi connectivity index (χ3n) is 14.0. The molecule has 0 atom stereocenters. The molecule has 0 fully saturated rings. The van der Waals surface area contributed by atoms with Gasteiger partial charge < -0.3 is 0 Å². The fourth-order valence-corrected chi connectivity index (χ4v) is 12.0. The quantitative estimate of drug-likeness (QED) is 0.173. The van der Waals surface area contributed by atoms with Crippen LogP contribution in [0.3, 0.4) is 0 Å². The number of aromatic nitrogens is 5. The number of hydrogen-bond acceptors (Lipinski definition) is 4. The Morgan fingerprint density at radius 1 is 0.439 bits per heavy atom. The molecule has 0 amide bonds. The molecule has 0 saturated heterocycles. The van der Waals surface area contributed by atoms with Gasteiger partial charge in [0.25, 0.3) is 0 Å². The summed E-state index contributed by atoms with van der Waals surface area (Å²) in [6, 6.07) is 72.2. The normalized spacial score (nSPS) is 13.4. The van der Waals surface area contributed by atoms with E-state index in [1.54, 1.807) is 0 Å². The molecule has 0 bridgehead atoms. The van der Waals surface area contributed by atoms with Crippen LogP contribution >= 0.6 is 11.8 Å². The van der Waals surface area contributed by atoms with Crippen LogP contribution in [-0.2, 0) is 5.41 Å². The van der Waals surface area contributed by atoms with Crippen LogP contribution in [0.15, 0.2) is 210 Å². The summed E-state index contributed by atoms with van der Waals surface area (Å²) in [4.78, 5) is 18.1. The largest absolute Gasteiger partial charge is 0.295 e. The van der Waals surface area contributed by atoms with Crippen LogP contribution in [0, 0.1) is 0 Å². The highest BCUT2D eigenvalue weighted by Gasteiger charge is 2.36. The Hall–Kier alpha value is -8.06. The Morgan fingerprint density at radius 3 is 1.91 bits per heavy atom. The van der Waals surface area contributed by atoms with Crippen LogP contribution in [0.25, 0.3) is 111 Å². The van der Waals surface area contributed by atoms with Crippen molar-refractivity contribution >= 4 is 55.4 Å². The molecule has 14 rings (SSSR count). The topological polar surface area (TPSA) is 48.5 Å². The SMILES string of the molecule is CC1(C)c2ccccc2-c2ccc(-c3nc(-c4ccc(-c5cccc6c5Sc5cccc7c8c9ccccc9n(-c9ccccc9)c8n-6c57)cc4)nc(-c4ccc5ccccc5c4)n3)cc21. The van der Waals surface area contributed by atoms with Crippen molar-refractivity contribution < 1.29 is 0 Å². The monoisotopic (exact) mass is 861 g/mol. The average molecular weight is 862 g/mol. The molecule has 0 saturated carbocycles. The van der Waals surface area contributed by atoms with Crippen molar-refractivity contribution in [3.63, 3.8) is 0 Å².